The molecule has 0 aliphatic carbocycles. The van der Waals surface area contributed by atoms with E-state index in [0.29, 0.717) is 0 Å². The number of hydrogen-bond acceptors (Lipinski definition) is 3. The third-order valence-corrected chi connectivity index (χ3v) is 6.38. The lowest BCUT2D eigenvalue weighted by Crippen LogP contribution is -2.41. The minimum absolute atomic E-state index is 0.120. The highest BCUT2D eigenvalue weighted by molar-refractivity contribution is 6.62. The maximum Gasteiger partial charge on any atom is 0.494 e. The Morgan fingerprint density at radius 2 is 1.47 bits per heavy atom. The second kappa shape index (κ2) is 8.05. The topological polar surface area (TPSA) is 27.7 Å². The molecule has 30 heavy (non-hydrogen) atoms. The lowest BCUT2D eigenvalue weighted by molar-refractivity contribution is 0.00578. The second-order valence-corrected chi connectivity index (χ2v) is 10.7. The Morgan fingerprint density at radius 1 is 0.867 bits per heavy atom. The number of benzene rings is 2. The molecule has 3 nitrogen and oxygen atoms in total. The number of hydrogen-bond donors (Lipinski definition) is 0. The van der Waals surface area contributed by atoms with Gasteiger partial charge in [0.1, 0.15) is 11.4 Å². The zero-order chi connectivity index (χ0) is 22.2. The first-order valence-corrected chi connectivity index (χ1v) is 11.1. The van der Waals surface area contributed by atoms with Crippen LogP contribution in [0, 0.1) is 5.41 Å². The van der Waals surface area contributed by atoms with E-state index in [0.717, 1.165) is 24.1 Å². The molecule has 0 aromatic heterocycles. The normalized spacial score (nSPS) is 20.1. The van der Waals surface area contributed by atoms with Crippen molar-refractivity contribution in [1.29, 1.82) is 0 Å². The van der Waals surface area contributed by atoms with Crippen molar-refractivity contribution >= 4 is 12.6 Å². The van der Waals surface area contributed by atoms with Gasteiger partial charge in [0.25, 0.3) is 0 Å². The van der Waals surface area contributed by atoms with Crippen molar-refractivity contribution in [1.82, 2.24) is 0 Å². The molecule has 0 spiro atoms. The van der Waals surface area contributed by atoms with Crippen molar-refractivity contribution in [2.75, 3.05) is 0 Å². The zero-order valence-electron chi connectivity index (χ0n) is 19.9. The summed E-state index contributed by atoms with van der Waals surface area (Å²) in [5.74, 6) is 0.845. The molecule has 4 heteroatoms. The SMILES string of the molecule is CC[C@@](CC(C)(C)C)(Oc1cccc(B2OC(C)(C)C(C)(C)O2)c1)c1ccccc1. The van der Waals surface area contributed by atoms with Gasteiger partial charge < -0.3 is 14.0 Å². The van der Waals surface area contributed by atoms with Crippen molar-refractivity contribution in [2.24, 2.45) is 5.41 Å². The van der Waals surface area contributed by atoms with E-state index in [4.69, 9.17) is 14.0 Å². The molecular weight excluding hydrogens is 371 g/mol. The minimum atomic E-state index is -0.395. The van der Waals surface area contributed by atoms with E-state index in [9.17, 15) is 0 Å². The molecule has 0 radical (unpaired) electrons. The minimum Gasteiger partial charge on any atom is -0.483 e. The summed E-state index contributed by atoms with van der Waals surface area (Å²) in [6.07, 6.45) is 1.80. The Kier molecular flexibility index (Phi) is 6.15. The molecule has 0 unspecified atom stereocenters. The van der Waals surface area contributed by atoms with Crippen LogP contribution in [0.25, 0.3) is 0 Å². The van der Waals surface area contributed by atoms with Gasteiger partial charge in [0, 0.05) is 0 Å². The summed E-state index contributed by atoms with van der Waals surface area (Å²) in [4.78, 5) is 0. The van der Waals surface area contributed by atoms with Crippen LogP contribution in [0.5, 0.6) is 5.75 Å². The summed E-state index contributed by atoms with van der Waals surface area (Å²) in [7, 11) is -0.395. The van der Waals surface area contributed by atoms with Crippen molar-refractivity contribution < 1.29 is 14.0 Å². The lowest BCUT2D eigenvalue weighted by atomic mass is 9.76. The van der Waals surface area contributed by atoms with Crippen LogP contribution in [0.4, 0.5) is 0 Å². The Balaban J connectivity index is 1.94. The highest BCUT2D eigenvalue weighted by atomic mass is 16.7. The smallest absolute Gasteiger partial charge is 0.483 e. The van der Waals surface area contributed by atoms with E-state index in [1.807, 2.05) is 12.1 Å². The standard InChI is InChI=1S/C26H37BO3/c1-9-26(19-23(2,3)4,20-14-11-10-12-15-20)28-22-17-13-16-21(18-22)27-29-24(5,6)25(7,8)30-27/h10-18H,9,19H2,1-8H3/t26-/m0/s1. The third kappa shape index (κ3) is 4.76. The second-order valence-electron chi connectivity index (χ2n) is 10.7. The molecule has 1 atom stereocenters. The zero-order valence-corrected chi connectivity index (χ0v) is 19.9. The predicted molar refractivity (Wildman–Crippen MR) is 125 cm³/mol. The van der Waals surface area contributed by atoms with Gasteiger partial charge in [0.2, 0.25) is 0 Å². The molecule has 1 saturated heterocycles. The lowest BCUT2D eigenvalue weighted by Gasteiger charge is -2.39. The largest absolute Gasteiger partial charge is 0.494 e. The van der Waals surface area contributed by atoms with Crippen LogP contribution < -0.4 is 10.2 Å². The van der Waals surface area contributed by atoms with Crippen LogP contribution in [0.1, 0.15) is 73.8 Å². The first-order chi connectivity index (χ1) is 13.9. The molecule has 2 aromatic rings. The van der Waals surface area contributed by atoms with Crippen molar-refractivity contribution in [3.05, 3.63) is 60.2 Å². The molecular formula is C26H37BO3. The maximum atomic E-state index is 6.81. The van der Waals surface area contributed by atoms with E-state index < -0.39 is 12.7 Å². The first-order valence-electron chi connectivity index (χ1n) is 11.1. The molecule has 0 amide bonds. The van der Waals surface area contributed by atoms with Gasteiger partial charge >= 0.3 is 7.12 Å². The van der Waals surface area contributed by atoms with Gasteiger partial charge in [-0.25, -0.2) is 0 Å². The summed E-state index contributed by atoms with van der Waals surface area (Å²) in [6, 6.07) is 18.8. The molecule has 1 heterocycles. The van der Waals surface area contributed by atoms with E-state index in [2.05, 4.69) is 97.9 Å². The molecule has 2 aromatic carbocycles. The number of rotatable bonds is 6. The molecule has 0 bridgehead atoms. The fraction of sp³-hybridized carbons (Fsp3) is 0.538. The average Bonchev–Trinajstić information content (AvgIpc) is 2.88. The van der Waals surface area contributed by atoms with Crippen LogP contribution in [0.2, 0.25) is 0 Å². The fourth-order valence-corrected chi connectivity index (χ4v) is 4.13. The quantitative estimate of drug-likeness (QED) is 0.540. The Hall–Kier alpha value is -1.78. The van der Waals surface area contributed by atoms with E-state index in [-0.39, 0.29) is 16.6 Å². The van der Waals surface area contributed by atoms with E-state index in [1.54, 1.807) is 0 Å². The van der Waals surface area contributed by atoms with Crippen LogP contribution in [0.15, 0.2) is 54.6 Å². The molecule has 1 fully saturated rings. The van der Waals surface area contributed by atoms with Gasteiger partial charge in [0.15, 0.2) is 0 Å². The molecule has 1 aliphatic heterocycles. The van der Waals surface area contributed by atoms with Gasteiger partial charge in [-0.15, -0.1) is 0 Å². The highest BCUT2D eigenvalue weighted by Gasteiger charge is 2.51. The predicted octanol–water partition coefficient (Wildman–Crippen LogP) is 6.11. The van der Waals surface area contributed by atoms with Crippen LogP contribution in [-0.4, -0.2) is 18.3 Å². The fourth-order valence-electron chi connectivity index (χ4n) is 4.13. The van der Waals surface area contributed by atoms with Gasteiger partial charge in [-0.3, -0.25) is 0 Å². The molecule has 1 aliphatic rings. The Labute approximate surface area is 183 Å². The number of ether oxygens (including phenoxy) is 1. The van der Waals surface area contributed by atoms with Crippen molar-refractivity contribution in [2.45, 2.75) is 85.0 Å². The Bertz CT molecular complexity index is 838. The van der Waals surface area contributed by atoms with Gasteiger partial charge in [-0.2, -0.15) is 0 Å². The van der Waals surface area contributed by atoms with Crippen molar-refractivity contribution in [3.63, 3.8) is 0 Å². The van der Waals surface area contributed by atoms with E-state index >= 15 is 0 Å². The summed E-state index contributed by atoms with van der Waals surface area (Å²) >= 11 is 0. The van der Waals surface area contributed by atoms with Crippen LogP contribution in [-0.2, 0) is 14.9 Å². The van der Waals surface area contributed by atoms with Gasteiger partial charge in [0.05, 0.1) is 11.2 Å². The summed E-state index contributed by atoms with van der Waals surface area (Å²) < 4.78 is 19.3. The van der Waals surface area contributed by atoms with E-state index in [1.165, 1.54) is 5.56 Å². The van der Waals surface area contributed by atoms with Crippen LogP contribution in [0.3, 0.4) is 0 Å². The van der Waals surface area contributed by atoms with Gasteiger partial charge in [-0.1, -0.05) is 70.2 Å². The van der Waals surface area contributed by atoms with Crippen LogP contribution >= 0.6 is 0 Å². The third-order valence-electron chi connectivity index (χ3n) is 6.38. The summed E-state index contributed by atoms with van der Waals surface area (Å²) in [5.41, 5.74) is 1.20. The van der Waals surface area contributed by atoms with Crippen molar-refractivity contribution in [3.8, 4) is 5.75 Å². The van der Waals surface area contributed by atoms with Gasteiger partial charge in [-0.05, 0) is 69.1 Å². The summed E-state index contributed by atoms with van der Waals surface area (Å²) in [6.45, 7) is 17.3. The first kappa shape index (κ1) is 22.9. The average molecular weight is 408 g/mol. The molecule has 3 rings (SSSR count). The highest BCUT2D eigenvalue weighted by Crippen LogP contribution is 2.41. The molecule has 162 valence electrons. The summed E-state index contributed by atoms with van der Waals surface area (Å²) in [5, 5.41) is 0. The maximum absolute atomic E-state index is 6.81. The monoisotopic (exact) mass is 408 g/mol. The molecule has 0 saturated carbocycles. The molecule has 0 N–H and O–H groups in total. The Morgan fingerprint density at radius 3 is 2.00 bits per heavy atom.